The van der Waals surface area contributed by atoms with Gasteiger partial charge in [-0.3, -0.25) is 10.1 Å². The summed E-state index contributed by atoms with van der Waals surface area (Å²) in [6.07, 6.45) is 3.34. The first kappa shape index (κ1) is 21.5. The number of aliphatic hydroxyl groups is 1. The van der Waals surface area contributed by atoms with Gasteiger partial charge in [-0.2, -0.15) is 0 Å². The minimum absolute atomic E-state index is 0.0168. The molecule has 1 aliphatic carbocycles. The Hall–Kier alpha value is -2.16. The lowest BCUT2D eigenvalue weighted by molar-refractivity contribution is -0.384. The van der Waals surface area contributed by atoms with Crippen molar-refractivity contribution < 1.29 is 10.0 Å². The van der Waals surface area contributed by atoms with Crippen LogP contribution in [-0.2, 0) is 19.4 Å². The molecule has 2 aromatic rings. The van der Waals surface area contributed by atoms with E-state index in [1.807, 2.05) is 10.6 Å². The molecule has 0 bridgehead atoms. The molecule has 0 saturated carbocycles. The molecule has 0 amide bonds. The fourth-order valence-corrected chi connectivity index (χ4v) is 4.30. The molecule has 29 heavy (non-hydrogen) atoms. The summed E-state index contributed by atoms with van der Waals surface area (Å²) in [4.78, 5) is 17.7. The van der Waals surface area contributed by atoms with Gasteiger partial charge in [-0.1, -0.05) is 38.2 Å². The van der Waals surface area contributed by atoms with Crippen LogP contribution in [0.3, 0.4) is 0 Å². The largest absolute Gasteiger partial charge is 0.390 e. The number of fused-ring (bicyclic) bond motifs is 1. The van der Waals surface area contributed by atoms with Crippen molar-refractivity contribution in [2.24, 2.45) is 0 Å². The van der Waals surface area contributed by atoms with Crippen molar-refractivity contribution in [2.45, 2.75) is 52.2 Å². The maximum absolute atomic E-state index is 11.2. The number of aliphatic hydroxyl groups excluding tert-OH is 1. The number of aromatic nitrogens is 2. The van der Waals surface area contributed by atoms with Gasteiger partial charge in [0.25, 0.3) is 5.69 Å². The van der Waals surface area contributed by atoms with E-state index in [-0.39, 0.29) is 5.69 Å². The summed E-state index contributed by atoms with van der Waals surface area (Å²) < 4.78 is 2.60. The standard InChI is InChI=1S/C21H28N4O3S/c1-3-23(4-2)13-17(26)14-24-19-11-6-5-10-18(19)21(29)22-20(24)15-8-7-9-16(12-15)25(27)28/h7-9,12,17,26H,3-6,10-11,13-14H2,1-2H3/t17-/m0/s1. The maximum atomic E-state index is 11.2. The molecule has 0 unspecified atom stereocenters. The number of non-ortho nitro benzene ring substituents is 1. The van der Waals surface area contributed by atoms with Gasteiger partial charge in [0.1, 0.15) is 10.5 Å². The van der Waals surface area contributed by atoms with E-state index in [4.69, 9.17) is 12.2 Å². The normalized spacial score (nSPS) is 14.6. The molecule has 1 aromatic heterocycles. The van der Waals surface area contributed by atoms with E-state index in [2.05, 4.69) is 23.7 Å². The van der Waals surface area contributed by atoms with E-state index < -0.39 is 11.0 Å². The summed E-state index contributed by atoms with van der Waals surface area (Å²) >= 11 is 5.56. The number of nitro groups is 1. The van der Waals surface area contributed by atoms with Crippen LogP contribution in [0.1, 0.15) is 37.9 Å². The van der Waals surface area contributed by atoms with Gasteiger partial charge in [-0.15, -0.1) is 0 Å². The Morgan fingerprint density at radius 1 is 1.31 bits per heavy atom. The first-order valence-electron chi connectivity index (χ1n) is 10.2. The van der Waals surface area contributed by atoms with Crippen molar-refractivity contribution in [3.05, 3.63) is 50.3 Å². The molecule has 3 rings (SSSR count). The van der Waals surface area contributed by atoms with Crippen LogP contribution in [0.5, 0.6) is 0 Å². The second-order valence-electron chi connectivity index (χ2n) is 7.43. The summed E-state index contributed by atoms with van der Waals surface area (Å²) in [5.74, 6) is 0.595. The topological polar surface area (TPSA) is 84.4 Å². The van der Waals surface area contributed by atoms with Crippen LogP contribution in [0.15, 0.2) is 24.3 Å². The molecule has 156 valence electrons. The van der Waals surface area contributed by atoms with Crippen LogP contribution in [0.25, 0.3) is 11.4 Å². The predicted molar refractivity (Wildman–Crippen MR) is 116 cm³/mol. The Morgan fingerprint density at radius 2 is 2.03 bits per heavy atom. The molecule has 1 atom stereocenters. The van der Waals surface area contributed by atoms with Gasteiger partial charge in [0.2, 0.25) is 0 Å². The van der Waals surface area contributed by atoms with Crippen molar-refractivity contribution in [1.29, 1.82) is 0 Å². The van der Waals surface area contributed by atoms with Crippen molar-refractivity contribution >= 4 is 17.9 Å². The Kier molecular flexibility index (Phi) is 7.10. The number of nitrogens with zero attached hydrogens (tertiary/aromatic N) is 4. The average Bonchev–Trinajstić information content (AvgIpc) is 2.74. The van der Waals surface area contributed by atoms with Crippen LogP contribution in [0.2, 0.25) is 0 Å². The predicted octanol–water partition coefficient (Wildman–Crippen LogP) is 3.77. The highest BCUT2D eigenvalue weighted by Crippen LogP contribution is 2.29. The minimum Gasteiger partial charge on any atom is -0.390 e. The fraction of sp³-hybridized carbons (Fsp3) is 0.524. The Bertz CT molecular complexity index is 940. The van der Waals surface area contributed by atoms with Crippen LogP contribution >= 0.6 is 12.2 Å². The summed E-state index contributed by atoms with van der Waals surface area (Å²) in [5, 5.41) is 22.0. The average molecular weight is 417 g/mol. The lowest BCUT2D eigenvalue weighted by Crippen LogP contribution is -2.35. The number of hydrogen-bond acceptors (Lipinski definition) is 6. The zero-order valence-corrected chi connectivity index (χ0v) is 17.8. The second-order valence-corrected chi connectivity index (χ2v) is 7.82. The van der Waals surface area contributed by atoms with Crippen LogP contribution < -0.4 is 0 Å². The molecule has 0 fully saturated rings. The summed E-state index contributed by atoms with van der Waals surface area (Å²) in [5.41, 5.74) is 2.85. The highest BCUT2D eigenvalue weighted by molar-refractivity contribution is 7.71. The summed E-state index contributed by atoms with van der Waals surface area (Å²) in [7, 11) is 0. The van der Waals surface area contributed by atoms with E-state index in [0.717, 1.165) is 50.0 Å². The number of rotatable bonds is 8. The SMILES string of the molecule is CCN(CC)C[C@H](O)Cn1c(-c2cccc([N+](=O)[O-])c2)nc(=S)c2c1CCCC2. The molecule has 1 aromatic carbocycles. The van der Waals surface area contributed by atoms with E-state index in [0.29, 0.717) is 29.1 Å². The fourth-order valence-electron chi connectivity index (χ4n) is 3.99. The van der Waals surface area contributed by atoms with Gasteiger partial charge < -0.3 is 14.6 Å². The Balaban J connectivity index is 2.08. The minimum atomic E-state index is -0.568. The second kappa shape index (κ2) is 9.56. The lowest BCUT2D eigenvalue weighted by atomic mass is 9.96. The number of nitro benzene ring substituents is 1. The van der Waals surface area contributed by atoms with Crippen molar-refractivity contribution in [3.63, 3.8) is 0 Å². The number of hydrogen-bond donors (Lipinski definition) is 1. The third-order valence-electron chi connectivity index (χ3n) is 5.56. The first-order chi connectivity index (χ1) is 13.9. The molecular formula is C21H28N4O3S. The quantitative estimate of drug-likeness (QED) is 0.401. The molecule has 1 N–H and O–H groups in total. The Labute approximate surface area is 176 Å². The molecule has 8 heteroatoms. The van der Waals surface area contributed by atoms with Gasteiger partial charge in [0, 0.05) is 35.5 Å². The van der Waals surface area contributed by atoms with Crippen molar-refractivity contribution in [2.75, 3.05) is 19.6 Å². The number of benzene rings is 1. The summed E-state index contributed by atoms with van der Waals surface area (Å²) in [6.45, 7) is 6.85. The zero-order valence-electron chi connectivity index (χ0n) is 17.0. The van der Waals surface area contributed by atoms with Gasteiger partial charge in [-0.05, 0) is 38.8 Å². The highest BCUT2D eigenvalue weighted by atomic mass is 32.1. The smallest absolute Gasteiger partial charge is 0.270 e. The number of likely N-dealkylation sites (N-methyl/N-ethyl adjacent to an activating group) is 1. The monoisotopic (exact) mass is 416 g/mol. The Morgan fingerprint density at radius 3 is 2.72 bits per heavy atom. The molecule has 0 aliphatic heterocycles. The third-order valence-corrected chi connectivity index (χ3v) is 5.90. The third kappa shape index (κ3) is 4.88. The molecule has 7 nitrogen and oxygen atoms in total. The molecule has 0 spiro atoms. The van der Waals surface area contributed by atoms with Crippen LogP contribution in [0, 0.1) is 14.8 Å². The van der Waals surface area contributed by atoms with Crippen LogP contribution in [-0.4, -0.2) is 50.2 Å². The van der Waals surface area contributed by atoms with Gasteiger partial charge in [-0.25, -0.2) is 4.98 Å². The van der Waals surface area contributed by atoms with E-state index in [9.17, 15) is 15.2 Å². The lowest BCUT2D eigenvalue weighted by Gasteiger charge is -2.28. The molecular weight excluding hydrogens is 388 g/mol. The van der Waals surface area contributed by atoms with Gasteiger partial charge in [0.15, 0.2) is 0 Å². The van der Waals surface area contributed by atoms with Gasteiger partial charge in [0.05, 0.1) is 17.6 Å². The highest BCUT2D eigenvalue weighted by Gasteiger charge is 2.22. The van der Waals surface area contributed by atoms with Crippen molar-refractivity contribution in [3.8, 4) is 11.4 Å². The van der Waals surface area contributed by atoms with Gasteiger partial charge >= 0.3 is 0 Å². The molecule has 1 aliphatic rings. The van der Waals surface area contributed by atoms with Crippen molar-refractivity contribution in [1.82, 2.24) is 14.5 Å². The first-order valence-corrected chi connectivity index (χ1v) is 10.6. The van der Waals surface area contributed by atoms with Crippen LogP contribution in [0.4, 0.5) is 5.69 Å². The summed E-state index contributed by atoms with van der Waals surface area (Å²) in [6, 6.07) is 6.47. The van der Waals surface area contributed by atoms with E-state index in [1.165, 1.54) is 12.1 Å². The maximum Gasteiger partial charge on any atom is 0.270 e. The molecule has 0 saturated heterocycles. The molecule has 1 heterocycles. The molecule has 0 radical (unpaired) electrons. The zero-order chi connectivity index (χ0) is 21.0. The van der Waals surface area contributed by atoms with E-state index in [1.54, 1.807) is 6.07 Å². The van der Waals surface area contributed by atoms with E-state index >= 15 is 0 Å².